The average Bonchev–Trinajstić information content (AvgIpc) is 3.40. The van der Waals surface area contributed by atoms with Gasteiger partial charge in [0.15, 0.2) is 22.8 Å². The number of hydrogen-bond acceptors (Lipinski definition) is 8. The minimum atomic E-state index is -0.374. The van der Waals surface area contributed by atoms with Crippen molar-refractivity contribution in [3.05, 3.63) is 47.9 Å². The number of fused-ring (bicyclic) bond motifs is 1. The van der Waals surface area contributed by atoms with Gasteiger partial charge in [-0.2, -0.15) is 15.1 Å². The highest BCUT2D eigenvalue weighted by atomic mass is 19.1. The van der Waals surface area contributed by atoms with Crippen molar-refractivity contribution in [3.8, 4) is 5.82 Å². The number of anilines is 2. The zero-order chi connectivity index (χ0) is 21.4. The monoisotopic (exact) mass is 423 g/mol. The Balaban J connectivity index is 1.57. The molecule has 2 N–H and O–H groups in total. The molecule has 1 aliphatic rings. The summed E-state index contributed by atoms with van der Waals surface area (Å²) in [6.45, 7) is 6.56. The molecule has 0 amide bonds. The molecule has 4 aromatic rings. The van der Waals surface area contributed by atoms with E-state index >= 15 is 0 Å². The van der Waals surface area contributed by atoms with Crippen molar-refractivity contribution in [3.63, 3.8) is 0 Å². The molecule has 5 rings (SSSR count). The van der Waals surface area contributed by atoms with Crippen LogP contribution in [0, 0.1) is 12.7 Å². The largest absolute Gasteiger partial charge is 0.378 e. The van der Waals surface area contributed by atoms with Crippen molar-refractivity contribution in [1.29, 1.82) is 0 Å². The number of nitrogens with one attached hydrogen (secondary N) is 2. The molecular formula is C20H22FN9O. The molecule has 0 bridgehead atoms. The summed E-state index contributed by atoms with van der Waals surface area (Å²) in [6.07, 6.45) is 2.90. The molecule has 0 unspecified atom stereocenters. The van der Waals surface area contributed by atoms with Crippen LogP contribution >= 0.6 is 0 Å². The first-order valence-corrected chi connectivity index (χ1v) is 10.1. The van der Waals surface area contributed by atoms with Crippen LogP contribution in [0.3, 0.4) is 0 Å². The number of ether oxygens (including phenoxy) is 1. The first-order valence-electron chi connectivity index (χ1n) is 10.1. The van der Waals surface area contributed by atoms with E-state index < -0.39 is 0 Å². The Bertz CT molecular complexity index is 1200. The van der Waals surface area contributed by atoms with Crippen LogP contribution in [0.2, 0.25) is 0 Å². The number of nitrogens with zero attached hydrogens (tertiary/aromatic N) is 7. The van der Waals surface area contributed by atoms with Crippen LogP contribution in [0.1, 0.15) is 24.4 Å². The van der Waals surface area contributed by atoms with E-state index in [2.05, 4.69) is 30.4 Å². The molecule has 1 fully saturated rings. The quantitative estimate of drug-likeness (QED) is 0.504. The van der Waals surface area contributed by atoms with E-state index in [1.54, 1.807) is 12.4 Å². The summed E-state index contributed by atoms with van der Waals surface area (Å²) in [6, 6.07) is 4.74. The molecule has 160 valence electrons. The fourth-order valence-electron chi connectivity index (χ4n) is 3.55. The molecule has 0 aliphatic carbocycles. The van der Waals surface area contributed by atoms with Crippen LogP contribution in [0.15, 0.2) is 30.7 Å². The van der Waals surface area contributed by atoms with Gasteiger partial charge in [0.2, 0.25) is 5.95 Å². The second kappa shape index (κ2) is 7.91. The zero-order valence-electron chi connectivity index (χ0n) is 17.2. The number of H-pyrrole nitrogens is 1. The van der Waals surface area contributed by atoms with Crippen LogP contribution in [-0.2, 0) is 4.74 Å². The van der Waals surface area contributed by atoms with Crippen LogP contribution < -0.4 is 10.2 Å². The van der Waals surface area contributed by atoms with E-state index in [1.807, 2.05) is 24.5 Å². The lowest BCUT2D eigenvalue weighted by Gasteiger charge is -2.28. The van der Waals surface area contributed by atoms with Gasteiger partial charge in [-0.15, -0.1) is 0 Å². The molecule has 1 aliphatic heterocycles. The number of halogens is 1. The smallest absolute Gasteiger partial charge is 0.227 e. The third-order valence-electron chi connectivity index (χ3n) is 5.17. The summed E-state index contributed by atoms with van der Waals surface area (Å²) >= 11 is 0. The number of rotatable bonds is 5. The summed E-state index contributed by atoms with van der Waals surface area (Å²) in [5.74, 6) is 1.50. The van der Waals surface area contributed by atoms with Crippen LogP contribution in [0.4, 0.5) is 16.2 Å². The number of aryl methyl sites for hydroxylation is 1. The maximum absolute atomic E-state index is 13.2. The summed E-state index contributed by atoms with van der Waals surface area (Å²) in [4.78, 5) is 20.4. The lowest BCUT2D eigenvalue weighted by molar-refractivity contribution is 0.122. The van der Waals surface area contributed by atoms with E-state index in [0.717, 1.165) is 24.6 Å². The first-order chi connectivity index (χ1) is 15.1. The first kappa shape index (κ1) is 19.4. The molecule has 4 aromatic heterocycles. The van der Waals surface area contributed by atoms with Crippen LogP contribution in [-0.4, -0.2) is 61.0 Å². The van der Waals surface area contributed by atoms with Gasteiger partial charge in [-0.1, -0.05) is 0 Å². The maximum atomic E-state index is 13.2. The van der Waals surface area contributed by atoms with Crippen molar-refractivity contribution in [2.75, 3.05) is 36.5 Å². The van der Waals surface area contributed by atoms with Gasteiger partial charge in [0.1, 0.15) is 12.1 Å². The third-order valence-corrected chi connectivity index (χ3v) is 5.17. The van der Waals surface area contributed by atoms with Gasteiger partial charge < -0.3 is 15.0 Å². The molecule has 11 heteroatoms. The average molecular weight is 423 g/mol. The zero-order valence-corrected chi connectivity index (χ0v) is 17.2. The van der Waals surface area contributed by atoms with Crippen molar-refractivity contribution in [2.24, 2.45) is 0 Å². The standard InChI is InChI=1S/C20H22FN9O/c1-12-9-16(28-27-12)30-11-23-17-18(29-5-7-31-8-6-29)25-20(26-19(17)30)24-13(2)15-4-3-14(21)10-22-15/h3-4,9-11,13H,5-8H2,1-2H3,(H,27,28)(H,24,25,26)/t13-/m0/s1. The molecule has 31 heavy (non-hydrogen) atoms. The maximum Gasteiger partial charge on any atom is 0.227 e. The molecule has 1 saturated heterocycles. The Morgan fingerprint density at radius 3 is 2.74 bits per heavy atom. The van der Waals surface area contributed by atoms with Gasteiger partial charge in [-0.25, -0.2) is 9.37 Å². The highest BCUT2D eigenvalue weighted by Gasteiger charge is 2.22. The summed E-state index contributed by atoms with van der Waals surface area (Å²) in [5, 5.41) is 10.6. The Hall–Kier alpha value is -3.60. The van der Waals surface area contributed by atoms with Crippen molar-refractivity contribution in [2.45, 2.75) is 19.9 Å². The fraction of sp³-hybridized carbons (Fsp3) is 0.350. The van der Waals surface area contributed by atoms with Gasteiger partial charge in [-0.3, -0.25) is 14.6 Å². The van der Waals surface area contributed by atoms with E-state index in [0.29, 0.717) is 41.8 Å². The summed E-state index contributed by atoms with van der Waals surface area (Å²) < 4.78 is 20.6. The third kappa shape index (κ3) is 3.79. The summed E-state index contributed by atoms with van der Waals surface area (Å²) in [7, 11) is 0. The number of imidazole rings is 1. The van der Waals surface area contributed by atoms with Gasteiger partial charge in [0, 0.05) is 24.8 Å². The Labute approximate surface area is 177 Å². The number of hydrogen-bond donors (Lipinski definition) is 2. The lowest BCUT2D eigenvalue weighted by Crippen LogP contribution is -2.37. The highest BCUT2D eigenvalue weighted by Crippen LogP contribution is 2.28. The molecule has 0 aromatic carbocycles. The molecule has 1 atom stereocenters. The molecule has 0 radical (unpaired) electrons. The van der Waals surface area contributed by atoms with Crippen LogP contribution in [0.25, 0.3) is 17.0 Å². The van der Waals surface area contributed by atoms with Crippen molar-refractivity contribution < 1.29 is 9.13 Å². The predicted octanol–water partition coefficient (Wildman–Crippen LogP) is 2.39. The van der Waals surface area contributed by atoms with Crippen LogP contribution in [0.5, 0.6) is 0 Å². The fourth-order valence-corrected chi connectivity index (χ4v) is 3.55. The van der Waals surface area contributed by atoms with E-state index in [9.17, 15) is 4.39 Å². The Kier molecular flexibility index (Phi) is 4.94. The van der Waals surface area contributed by atoms with Crippen molar-refractivity contribution >= 4 is 22.9 Å². The molecule has 0 saturated carbocycles. The molecule has 0 spiro atoms. The van der Waals surface area contributed by atoms with E-state index in [1.165, 1.54) is 12.3 Å². The predicted molar refractivity (Wildman–Crippen MR) is 113 cm³/mol. The van der Waals surface area contributed by atoms with Gasteiger partial charge in [0.25, 0.3) is 0 Å². The normalized spacial score (nSPS) is 15.4. The molecular weight excluding hydrogens is 401 g/mol. The number of morpholine rings is 1. The SMILES string of the molecule is Cc1cc(-n2cnc3c(N4CCOCC4)nc(N[C@@H](C)c4ccc(F)cn4)nc32)n[nH]1. The van der Waals surface area contributed by atoms with E-state index in [4.69, 9.17) is 14.7 Å². The molecule has 5 heterocycles. The Morgan fingerprint density at radius 2 is 2.03 bits per heavy atom. The number of aromatic amines is 1. The van der Waals surface area contributed by atoms with Crippen molar-refractivity contribution in [1.82, 2.24) is 34.7 Å². The van der Waals surface area contributed by atoms with Gasteiger partial charge in [-0.05, 0) is 26.0 Å². The highest BCUT2D eigenvalue weighted by molar-refractivity contribution is 5.86. The second-order valence-corrected chi connectivity index (χ2v) is 7.43. The second-order valence-electron chi connectivity index (χ2n) is 7.43. The topological polar surface area (TPSA) is 110 Å². The minimum absolute atomic E-state index is 0.223. The van der Waals surface area contributed by atoms with Gasteiger partial charge in [0.05, 0.1) is 31.1 Å². The molecule has 10 nitrogen and oxygen atoms in total. The Morgan fingerprint density at radius 1 is 1.19 bits per heavy atom. The minimum Gasteiger partial charge on any atom is -0.378 e. The van der Waals surface area contributed by atoms with Gasteiger partial charge >= 0.3 is 0 Å². The number of aromatic nitrogens is 7. The lowest BCUT2D eigenvalue weighted by atomic mass is 10.2. The summed E-state index contributed by atoms with van der Waals surface area (Å²) in [5.41, 5.74) is 2.97. The number of pyridine rings is 1. The van der Waals surface area contributed by atoms with E-state index in [-0.39, 0.29) is 11.9 Å².